The molecule has 0 fully saturated rings. The number of aliphatic hydroxyl groups is 1. The van der Waals surface area contributed by atoms with E-state index in [0.717, 1.165) is 118 Å². The summed E-state index contributed by atoms with van der Waals surface area (Å²) in [6, 6.07) is 35.7. The topological polar surface area (TPSA) is 81.5 Å². The van der Waals surface area contributed by atoms with Gasteiger partial charge in [0.1, 0.15) is 11.5 Å². The van der Waals surface area contributed by atoms with E-state index >= 15 is 0 Å². The Balaban J connectivity index is 0.000000183. The van der Waals surface area contributed by atoms with Crippen LogP contribution in [0.4, 0.5) is 0 Å². The van der Waals surface area contributed by atoms with Gasteiger partial charge in [-0.25, -0.2) is 0 Å². The number of rotatable bonds is 11. The summed E-state index contributed by atoms with van der Waals surface area (Å²) in [5.74, 6) is 4.14. The van der Waals surface area contributed by atoms with Gasteiger partial charge in [0, 0.05) is 72.1 Å². The minimum absolute atomic E-state index is 0. The number of allylic oxidation sites excluding steroid dienone is 2. The maximum absolute atomic E-state index is 12.0. The van der Waals surface area contributed by atoms with Crippen molar-refractivity contribution in [3.63, 3.8) is 0 Å². The molecular weight excluding hydrogens is 1160 g/mol. The number of carbonyl (C=O) groups excluding carboxylic acids is 1. The molecule has 6 aromatic carbocycles. The minimum atomic E-state index is -0.319. The normalized spacial score (nSPS) is 13.2. The quantitative estimate of drug-likeness (QED) is 0.0789. The van der Waals surface area contributed by atoms with E-state index in [1.165, 1.54) is 55.4 Å². The molecule has 0 unspecified atom stereocenters. The molecule has 4 heterocycles. The van der Waals surface area contributed by atoms with Crippen LogP contribution >= 0.6 is 0 Å². The van der Waals surface area contributed by atoms with E-state index in [9.17, 15) is 9.90 Å². The summed E-state index contributed by atoms with van der Waals surface area (Å²) >= 11 is 0. The number of fused-ring (bicyclic) bond motifs is 6. The van der Waals surface area contributed by atoms with Crippen LogP contribution in [-0.4, -0.2) is 20.9 Å². The number of carbonyl (C=O) groups is 1. The molecule has 2 aliphatic heterocycles. The number of pyridine rings is 2. The fourth-order valence-corrected chi connectivity index (χ4v) is 11.4. The van der Waals surface area contributed by atoms with Crippen molar-refractivity contribution in [2.45, 2.75) is 176 Å². The second-order valence-electron chi connectivity index (χ2n) is 27.8. The van der Waals surface area contributed by atoms with E-state index in [1.807, 2.05) is 47.0 Å². The Kier molecular flexibility index (Phi) is 18.5. The van der Waals surface area contributed by atoms with Gasteiger partial charge in [-0.2, -0.15) is 0 Å². The molecule has 8 aromatic rings. The van der Waals surface area contributed by atoms with Crippen molar-refractivity contribution in [3.8, 4) is 45.5 Å². The van der Waals surface area contributed by atoms with Crippen LogP contribution < -0.4 is 9.47 Å². The van der Waals surface area contributed by atoms with Gasteiger partial charge >= 0.3 is 0 Å². The summed E-state index contributed by atoms with van der Waals surface area (Å²) in [7, 11) is 0. The second-order valence-corrected chi connectivity index (χ2v) is 27.8. The van der Waals surface area contributed by atoms with Crippen LogP contribution in [0.3, 0.4) is 0 Å². The van der Waals surface area contributed by atoms with Crippen molar-refractivity contribution in [3.05, 3.63) is 143 Å². The zero-order valence-electron chi connectivity index (χ0n) is 51.4. The van der Waals surface area contributed by atoms with E-state index in [4.69, 9.17) is 19.4 Å². The smallest absolute Gasteiger partial charge is 0.164 e. The molecule has 2 aromatic heterocycles. The molecule has 7 heteroatoms. The molecule has 10 rings (SSSR count). The van der Waals surface area contributed by atoms with E-state index < -0.39 is 0 Å². The molecule has 80 heavy (non-hydrogen) atoms. The average molecular weight is 1250 g/mol. The zero-order valence-corrected chi connectivity index (χ0v) is 53.8. The van der Waals surface area contributed by atoms with Gasteiger partial charge < -0.3 is 14.6 Å². The summed E-state index contributed by atoms with van der Waals surface area (Å²) in [5, 5.41) is 19.2. The largest absolute Gasteiger partial charge is 0.512 e. The minimum Gasteiger partial charge on any atom is -0.512 e. The molecule has 0 atom stereocenters. The third-order valence-corrected chi connectivity index (χ3v) is 15.7. The van der Waals surface area contributed by atoms with Gasteiger partial charge in [-0.1, -0.05) is 199 Å². The van der Waals surface area contributed by atoms with Crippen LogP contribution in [0.1, 0.15) is 171 Å². The first-order valence-electron chi connectivity index (χ1n) is 29.1. The van der Waals surface area contributed by atoms with Crippen LogP contribution in [0.15, 0.2) is 103 Å². The number of hydrogen-bond acceptors (Lipinski definition) is 6. The predicted octanol–water partition coefficient (Wildman–Crippen LogP) is 20.8. The second kappa shape index (κ2) is 23.9. The van der Waals surface area contributed by atoms with Crippen molar-refractivity contribution in [2.75, 3.05) is 0 Å². The van der Waals surface area contributed by atoms with Crippen molar-refractivity contribution in [1.29, 1.82) is 0 Å². The van der Waals surface area contributed by atoms with E-state index in [2.05, 4.69) is 181 Å². The van der Waals surface area contributed by atoms with Crippen LogP contribution in [0.25, 0.3) is 65.6 Å². The molecule has 1 radical (unpaired) electrons. The standard InChI is InChI=1S/C30H32NO.C29H30NO.C14H26O2.Ir/c1-18-8-9-22-21(12-18)15-23-27-26-20(10-11-31-27)13-19(16-29(2,3)4)14-25(26)32-28(23)24(22)17-30(5,6)7;1-28(2,3)16-18-13-20-11-12-30-26-22-15-19-9-7-8-10-21(19)23(17-29(4,5)6)27(22)31-24(14-18)25(20)26;1-6-11(7-2)12(15)10-13(16)14(5,8-3)9-4;/h8-14H,16-17H2,1-7H3;7-14H,16-17H2,1-6H3;10-11,15H,6-9H2,1-5H3;/q2*-1;;/b;;12-10-;. The molecule has 0 amide bonds. The predicted molar refractivity (Wildman–Crippen MR) is 333 cm³/mol. The molecule has 0 saturated heterocycles. The number of benzene rings is 6. The third-order valence-electron chi connectivity index (χ3n) is 15.7. The first-order chi connectivity index (χ1) is 37.0. The summed E-state index contributed by atoms with van der Waals surface area (Å²) in [5.41, 5.74) is 10.7. The molecule has 6 nitrogen and oxygen atoms in total. The Morgan fingerprint density at radius 2 is 1.01 bits per heavy atom. The summed E-state index contributed by atoms with van der Waals surface area (Å²) in [6.45, 7) is 39.6. The summed E-state index contributed by atoms with van der Waals surface area (Å²) in [4.78, 5) is 21.7. The first kappa shape index (κ1) is 61.7. The fraction of sp³-hybridized carbons (Fsp3) is 0.438. The van der Waals surface area contributed by atoms with E-state index in [-0.39, 0.29) is 64.6 Å². The molecule has 0 bridgehead atoms. The monoisotopic (exact) mass is 1250 g/mol. The van der Waals surface area contributed by atoms with E-state index in [0.29, 0.717) is 0 Å². The van der Waals surface area contributed by atoms with Crippen molar-refractivity contribution >= 4 is 48.9 Å². The Bertz CT molecular complexity index is 3610. The maximum Gasteiger partial charge on any atom is 0.164 e. The van der Waals surface area contributed by atoms with Crippen molar-refractivity contribution < 1.29 is 39.5 Å². The molecular formula is C73H88IrN2O4-2. The Morgan fingerprint density at radius 3 is 1.45 bits per heavy atom. The van der Waals surface area contributed by atoms with Gasteiger partial charge in [0.2, 0.25) is 0 Å². The Labute approximate surface area is 493 Å². The molecule has 0 aliphatic carbocycles. The van der Waals surface area contributed by atoms with E-state index in [1.54, 1.807) is 0 Å². The molecule has 1 N–H and O–H groups in total. The number of hydrogen-bond donors (Lipinski definition) is 1. The van der Waals surface area contributed by atoms with Crippen LogP contribution in [-0.2, 0) is 50.6 Å². The number of ketones is 1. The summed E-state index contributed by atoms with van der Waals surface area (Å²) < 4.78 is 13.5. The zero-order chi connectivity index (χ0) is 57.6. The number of aryl methyl sites for hydroxylation is 1. The number of aromatic nitrogens is 2. The van der Waals surface area contributed by atoms with Crippen LogP contribution in [0.5, 0.6) is 23.0 Å². The van der Waals surface area contributed by atoms with Gasteiger partial charge in [0.25, 0.3) is 0 Å². The number of ether oxygens (including phenoxy) is 2. The first-order valence-corrected chi connectivity index (χ1v) is 29.1. The third kappa shape index (κ3) is 13.9. The van der Waals surface area contributed by atoms with Gasteiger partial charge in [0.05, 0.1) is 17.3 Å². The molecule has 0 saturated carbocycles. The van der Waals surface area contributed by atoms with Crippen molar-refractivity contribution in [1.82, 2.24) is 9.97 Å². The van der Waals surface area contributed by atoms with Gasteiger partial charge in [-0.05, 0) is 126 Å². The SMILES string of the molecule is CC(C)(C)Cc1cc2c3c(nccc3c1)-c1[c-]c3ccccc3c(CC(C)(C)C)c1O2.CCC(CC)/C(O)=C/C(=O)C(C)(CC)CC.Cc1ccc2c(CC(C)(C)C)c3c([c-]c2c1)-c1nccc2cc(CC(C)(C)C)cc(c12)O3.[Ir]. The molecule has 0 spiro atoms. The maximum atomic E-state index is 12.0. The Morgan fingerprint density at radius 1 is 0.575 bits per heavy atom. The van der Waals surface area contributed by atoms with Crippen molar-refractivity contribution in [2.24, 2.45) is 33.0 Å². The number of nitrogens with zero attached hydrogens (tertiary/aromatic N) is 2. The molecule has 425 valence electrons. The van der Waals surface area contributed by atoms with Gasteiger partial charge in [-0.15, -0.1) is 35.0 Å². The van der Waals surface area contributed by atoms with Crippen LogP contribution in [0, 0.1) is 52.0 Å². The number of aliphatic hydroxyl groups excluding tert-OH is 1. The Hall–Kier alpha value is -5.88. The van der Waals surface area contributed by atoms with Gasteiger partial charge in [-0.3, -0.25) is 14.8 Å². The fourth-order valence-electron chi connectivity index (χ4n) is 11.4. The average Bonchev–Trinajstić information content (AvgIpc) is 3.37. The van der Waals surface area contributed by atoms with Crippen LogP contribution in [0.2, 0.25) is 0 Å². The summed E-state index contributed by atoms with van der Waals surface area (Å²) in [6.07, 6.45) is 12.5. The molecule has 2 aliphatic rings. The van der Waals surface area contributed by atoms with Gasteiger partial charge in [0.15, 0.2) is 5.78 Å².